The Kier molecular flexibility index (Phi) is 6.19. The van der Waals surface area contributed by atoms with Crippen LogP contribution in [0, 0.1) is 11.7 Å². The van der Waals surface area contributed by atoms with Crippen LogP contribution < -0.4 is 10.6 Å². The highest BCUT2D eigenvalue weighted by atomic mass is 19.1. The number of piperidine rings is 1. The van der Waals surface area contributed by atoms with Gasteiger partial charge in [0.2, 0.25) is 0 Å². The molecule has 1 fully saturated rings. The van der Waals surface area contributed by atoms with Crippen LogP contribution in [0.4, 0.5) is 9.18 Å². The van der Waals surface area contributed by atoms with Crippen LogP contribution in [0.3, 0.4) is 0 Å². The van der Waals surface area contributed by atoms with Crippen LogP contribution in [0.15, 0.2) is 24.3 Å². The number of hydrogen-bond acceptors (Lipinski definition) is 2. The van der Waals surface area contributed by atoms with Gasteiger partial charge in [0.1, 0.15) is 5.82 Å². The maximum atomic E-state index is 12.8. The molecule has 2 N–H and O–H groups in total. The predicted molar refractivity (Wildman–Crippen MR) is 86.1 cm³/mol. The van der Waals surface area contributed by atoms with Gasteiger partial charge in [-0.05, 0) is 49.9 Å². The third kappa shape index (κ3) is 5.64. The number of halogens is 1. The largest absolute Gasteiger partial charge is 0.334 e. The fourth-order valence-corrected chi connectivity index (χ4v) is 2.94. The van der Waals surface area contributed by atoms with Crippen molar-refractivity contribution in [2.45, 2.75) is 39.3 Å². The maximum Gasteiger partial charge on any atom is 0.315 e. The standard InChI is InChI=1S/C17H26FN3O/c1-13-4-3-9-21(11-13)12-14(2)20-17(22)19-10-15-5-7-16(18)8-6-15/h5-8,13-14H,3-4,9-12H2,1-2H3,(H2,19,20,22)/t13-,14+/m1/s1. The van der Waals surface area contributed by atoms with E-state index in [2.05, 4.69) is 22.5 Å². The minimum absolute atomic E-state index is 0.110. The molecule has 1 aromatic rings. The number of rotatable bonds is 5. The monoisotopic (exact) mass is 307 g/mol. The second kappa shape index (κ2) is 8.13. The van der Waals surface area contributed by atoms with Crippen LogP contribution in [0.1, 0.15) is 32.3 Å². The third-order valence-electron chi connectivity index (χ3n) is 4.02. The summed E-state index contributed by atoms with van der Waals surface area (Å²) in [5, 5.41) is 5.76. The SMILES string of the molecule is C[C@@H]1CCCN(C[C@H](C)NC(=O)NCc2ccc(F)cc2)C1. The highest BCUT2D eigenvalue weighted by Gasteiger charge is 2.18. The normalized spacial score (nSPS) is 20.4. The number of benzene rings is 1. The van der Waals surface area contributed by atoms with Gasteiger partial charge in [0.05, 0.1) is 0 Å². The van der Waals surface area contributed by atoms with E-state index in [0.717, 1.165) is 31.1 Å². The van der Waals surface area contributed by atoms with Crippen LogP contribution >= 0.6 is 0 Å². The van der Waals surface area contributed by atoms with Crippen molar-refractivity contribution in [2.75, 3.05) is 19.6 Å². The van der Waals surface area contributed by atoms with Crippen molar-refractivity contribution in [1.82, 2.24) is 15.5 Å². The summed E-state index contributed by atoms with van der Waals surface area (Å²) in [5.74, 6) is 0.478. The quantitative estimate of drug-likeness (QED) is 0.878. The topological polar surface area (TPSA) is 44.4 Å². The number of urea groups is 1. The number of carbonyl (C=O) groups is 1. The Morgan fingerprint density at radius 3 is 2.82 bits per heavy atom. The average molecular weight is 307 g/mol. The fourth-order valence-electron chi connectivity index (χ4n) is 2.94. The lowest BCUT2D eigenvalue weighted by molar-refractivity contribution is 0.169. The first kappa shape index (κ1) is 16.7. The minimum atomic E-state index is -0.266. The molecule has 0 aliphatic carbocycles. The summed E-state index contributed by atoms with van der Waals surface area (Å²) in [5.41, 5.74) is 0.883. The first-order valence-electron chi connectivity index (χ1n) is 8.04. The van der Waals surface area contributed by atoms with Crippen molar-refractivity contribution >= 4 is 6.03 Å². The lowest BCUT2D eigenvalue weighted by Crippen LogP contribution is -2.47. The molecule has 1 aromatic carbocycles. The maximum absolute atomic E-state index is 12.8. The lowest BCUT2D eigenvalue weighted by atomic mass is 10.00. The van der Waals surface area contributed by atoms with E-state index in [1.807, 2.05) is 6.92 Å². The average Bonchev–Trinajstić information content (AvgIpc) is 2.46. The number of nitrogens with zero attached hydrogens (tertiary/aromatic N) is 1. The Bertz CT molecular complexity index is 477. The van der Waals surface area contributed by atoms with Crippen molar-refractivity contribution in [1.29, 1.82) is 0 Å². The zero-order valence-corrected chi connectivity index (χ0v) is 13.4. The molecular weight excluding hydrogens is 281 g/mol. The van der Waals surface area contributed by atoms with E-state index < -0.39 is 0 Å². The van der Waals surface area contributed by atoms with Gasteiger partial charge in [-0.25, -0.2) is 9.18 Å². The Morgan fingerprint density at radius 2 is 2.14 bits per heavy atom. The molecule has 1 aliphatic rings. The molecule has 22 heavy (non-hydrogen) atoms. The van der Waals surface area contributed by atoms with E-state index >= 15 is 0 Å². The van der Waals surface area contributed by atoms with Crippen LogP contribution in [0.2, 0.25) is 0 Å². The molecule has 0 saturated carbocycles. The highest BCUT2D eigenvalue weighted by Crippen LogP contribution is 2.15. The second-order valence-corrected chi connectivity index (χ2v) is 6.36. The van der Waals surface area contributed by atoms with Crippen LogP contribution in [-0.2, 0) is 6.54 Å². The molecule has 0 unspecified atom stereocenters. The molecule has 1 aliphatic heterocycles. The van der Waals surface area contributed by atoms with Gasteiger partial charge in [0.15, 0.2) is 0 Å². The van der Waals surface area contributed by atoms with Crippen molar-refractivity contribution in [3.63, 3.8) is 0 Å². The molecule has 2 atom stereocenters. The van der Waals surface area contributed by atoms with E-state index in [4.69, 9.17) is 0 Å². The highest BCUT2D eigenvalue weighted by molar-refractivity contribution is 5.74. The van der Waals surface area contributed by atoms with Crippen molar-refractivity contribution in [2.24, 2.45) is 5.92 Å². The smallest absolute Gasteiger partial charge is 0.315 e. The van der Waals surface area contributed by atoms with Gasteiger partial charge >= 0.3 is 6.03 Å². The summed E-state index contributed by atoms with van der Waals surface area (Å²) in [7, 11) is 0. The molecule has 0 bridgehead atoms. The molecule has 0 radical (unpaired) electrons. The minimum Gasteiger partial charge on any atom is -0.334 e. The van der Waals surface area contributed by atoms with E-state index in [9.17, 15) is 9.18 Å². The van der Waals surface area contributed by atoms with Crippen LogP contribution in [0.25, 0.3) is 0 Å². The van der Waals surface area contributed by atoms with Crippen LogP contribution in [0.5, 0.6) is 0 Å². The third-order valence-corrected chi connectivity index (χ3v) is 4.02. The number of hydrogen-bond donors (Lipinski definition) is 2. The number of carbonyl (C=O) groups excluding carboxylic acids is 1. The van der Waals surface area contributed by atoms with Gasteiger partial charge in [-0.1, -0.05) is 19.1 Å². The molecule has 2 amide bonds. The van der Waals surface area contributed by atoms with Crippen LogP contribution in [-0.4, -0.2) is 36.6 Å². The van der Waals surface area contributed by atoms with E-state index in [-0.39, 0.29) is 17.9 Å². The molecule has 4 nitrogen and oxygen atoms in total. The Morgan fingerprint density at radius 1 is 1.41 bits per heavy atom. The molecule has 2 rings (SSSR count). The van der Waals surface area contributed by atoms with Crippen molar-refractivity contribution in [3.05, 3.63) is 35.6 Å². The molecule has 5 heteroatoms. The molecule has 0 spiro atoms. The summed E-state index contributed by atoms with van der Waals surface area (Å²) in [6, 6.07) is 6.08. The number of amides is 2. The first-order valence-corrected chi connectivity index (χ1v) is 8.04. The molecule has 0 aromatic heterocycles. The van der Waals surface area contributed by atoms with Crippen molar-refractivity contribution < 1.29 is 9.18 Å². The lowest BCUT2D eigenvalue weighted by Gasteiger charge is -2.32. The van der Waals surface area contributed by atoms with E-state index in [0.29, 0.717) is 6.54 Å². The second-order valence-electron chi connectivity index (χ2n) is 6.36. The Balaban J connectivity index is 1.68. The number of likely N-dealkylation sites (tertiary alicyclic amines) is 1. The van der Waals surface area contributed by atoms with Gasteiger partial charge < -0.3 is 15.5 Å². The summed E-state index contributed by atoms with van der Waals surface area (Å²) < 4.78 is 12.8. The molecular formula is C17H26FN3O. The number of nitrogens with one attached hydrogen (secondary N) is 2. The first-order chi connectivity index (χ1) is 10.5. The molecule has 1 heterocycles. The van der Waals surface area contributed by atoms with Gasteiger partial charge in [-0.2, -0.15) is 0 Å². The van der Waals surface area contributed by atoms with Gasteiger partial charge in [-0.3, -0.25) is 0 Å². The summed E-state index contributed by atoms with van der Waals surface area (Å²) in [4.78, 5) is 14.3. The Hall–Kier alpha value is -1.62. The summed E-state index contributed by atoms with van der Waals surface area (Å²) in [6.07, 6.45) is 2.54. The molecule has 122 valence electrons. The van der Waals surface area contributed by atoms with Gasteiger partial charge in [-0.15, -0.1) is 0 Å². The molecule has 1 saturated heterocycles. The fraction of sp³-hybridized carbons (Fsp3) is 0.588. The summed E-state index contributed by atoms with van der Waals surface area (Å²) in [6.45, 7) is 7.82. The van der Waals surface area contributed by atoms with Crippen molar-refractivity contribution in [3.8, 4) is 0 Å². The zero-order chi connectivity index (χ0) is 15.9. The van der Waals surface area contributed by atoms with Gasteiger partial charge in [0, 0.05) is 25.7 Å². The zero-order valence-electron chi connectivity index (χ0n) is 13.4. The summed E-state index contributed by atoms with van der Waals surface area (Å²) >= 11 is 0. The van der Waals surface area contributed by atoms with E-state index in [1.54, 1.807) is 12.1 Å². The van der Waals surface area contributed by atoms with Gasteiger partial charge in [0.25, 0.3) is 0 Å². The van der Waals surface area contributed by atoms with E-state index in [1.165, 1.54) is 25.0 Å². The predicted octanol–water partition coefficient (Wildman–Crippen LogP) is 2.75. The Labute approximate surface area is 132 Å².